The number of halogens is 3. The third kappa shape index (κ3) is 5.06. The second-order valence-electron chi connectivity index (χ2n) is 4.76. The molecule has 0 fully saturated rings. The fourth-order valence-electron chi connectivity index (χ4n) is 1.48. The Bertz CT molecular complexity index is 456. The number of rotatable bonds is 3. The van der Waals surface area contributed by atoms with Crippen LogP contribution in [0.3, 0.4) is 0 Å². The zero-order valence-corrected chi connectivity index (χ0v) is 11.9. The fourth-order valence-corrected chi connectivity index (χ4v) is 1.68. The Labute approximate surface area is 116 Å². The third-order valence-electron chi connectivity index (χ3n) is 2.47. The van der Waals surface area contributed by atoms with Gasteiger partial charge in [-0.1, -0.05) is 19.9 Å². The summed E-state index contributed by atoms with van der Waals surface area (Å²) in [5.41, 5.74) is -0.123. The molecule has 106 valence electrons. The van der Waals surface area contributed by atoms with Gasteiger partial charge >= 0.3 is 6.18 Å². The quantitative estimate of drug-likeness (QED) is 0.824. The number of alkyl halides is 3. The highest BCUT2D eigenvalue weighted by molar-refractivity contribution is 7.80. The van der Waals surface area contributed by atoms with Gasteiger partial charge in [-0.2, -0.15) is 13.2 Å². The summed E-state index contributed by atoms with van der Waals surface area (Å²) >= 11 is 5.02. The Morgan fingerprint density at radius 2 is 1.95 bits per heavy atom. The molecule has 0 spiro atoms. The van der Waals surface area contributed by atoms with E-state index >= 15 is 0 Å². The van der Waals surface area contributed by atoms with E-state index in [0.717, 1.165) is 6.07 Å². The zero-order valence-electron chi connectivity index (χ0n) is 11.1. The summed E-state index contributed by atoms with van der Waals surface area (Å²) in [5.74, 6) is 0.406. The lowest BCUT2D eigenvalue weighted by Gasteiger charge is -2.15. The average molecular weight is 290 g/mol. The molecule has 0 atom stereocenters. The summed E-state index contributed by atoms with van der Waals surface area (Å²) in [6, 6.07) is 4.07. The summed E-state index contributed by atoms with van der Waals surface area (Å²) < 4.78 is 38.2. The van der Waals surface area contributed by atoms with Crippen LogP contribution < -0.4 is 10.6 Å². The molecule has 0 bridgehead atoms. The summed E-state index contributed by atoms with van der Waals surface area (Å²) in [7, 11) is 0. The van der Waals surface area contributed by atoms with E-state index in [9.17, 15) is 13.2 Å². The van der Waals surface area contributed by atoms with Gasteiger partial charge in [0.05, 0.1) is 5.56 Å². The number of anilines is 1. The van der Waals surface area contributed by atoms with Crippen molar-refractivity contribution in [3.63, 3.8) is 0 Å². The average Bonchev–Trinajstić information content (AvgIpc) is 2.27. The molecule has 0 heterocycles. The van der Waals surface area contributed by atoms with Gasteiger partial charge in [-0.05, 0) is 42.8 Å². The van der Waals surface area contributed by atoms with Crippen LogP contribution in [0.1, 0.15) is 25.0 Å². The van der Waals surface area contributed by atoms with Crippen LogP contribution in [0.5, 0.6) is 0 Å². The monoisotopic (exact) mass is 290 g/mol. The van der Waals surface area contributed by atoms with Gasteiger partial charge in [0.25, 0.3) is 0 Å². The molecule has 0 aromatic heterocycles. The van der Waals surface area contributed by atoms with Crippen LogP contribution in [0, 0.1) is 12.8 Å². The van der Waals surface area contributed by atoms with E-state index in [0.29, 0.717) is 23.3 Å². The fraction of sp³-hybridized carbons (Fsp3) is 0.462. The van der Waals surface area contributed by atoms with Gasteiger partial charge in [-0.15, -0.1) is 0 Å². The van der Waals surface area contributed by atoms with Gasteiger partial charge in [0.2, 0.25) is 0 Å². The molecule has 1 aromatic rings. The van der Waals surface area contributed by atoms with Crippen LogP contribution in [0.2, 0.25) is 0 Å². The van der Waals surface area contributed by atoms with Crippen molar-refractivity contribution in [3.8, 4) is 0 Å². The van der Waals surface area contributed by atoms with Crippen LogP contribution in [-0.4, -0.2) is 11.7 Å². The minimum Gasteiger partial charge on any atom is -0.362 e. The van der Waals surface area contributed by atoms with E-state index in [2.05, 4.69) is 10.6 Å². The Morgan fingerprint density at radius 3 is 2.47 bits per heavy atom. The lowest BCUT2D eigenvalue weighted by atomic mass is 10.1. The van der Waals surface area contributed by atoms with Gasteiger partial charge < -0.3 is 10.6 Å². The summed E-state index contributed by atoms with van der Waals surface area (Å²) in [4.78, 5) is 0. The normalized spacial score (nSPS) is 11.5. The number of thiocarbonyl (C=S) groups is 1. The molecule has 19 heavy (non-hydrogen) atoms. The summed E-state index contributed by atoms with van der Waals surface area (Å²) in [6.45, 7) is 6.14. The number of aryl methyl sites for hydroxylation is 1. The molecule has 2 nitrogen and oxygen atoms in total. The topological polar surface area (TPSA) is 24.1 Å². The van der Waals surface area contributed by atoms with E-state index < -0.39 is 11.7 Å². The van der Waals surface area contributed by atoms with Crippen molar-refractivity contribution in [1.82, 2.24) is 5.32 Å². The predicted octanol–water partition coefficient (Wildman–Crippen LogP) is 3.96. The first-order chi connectivity index (χ1) is 8.70. The minimum absolute atomic E-state index is 0.194. The Hall–Kier alpha value is -1.30. The van der Waals surface area contributed by atoms with Gasteiger partial charge in [0.15, 0.2) is 5.11 Å². The maximum Gasteiger partial charge on any atom is 0.416 e. The Morgan fingerprint density at radius 1 is 1.32 bits per heavy atom. The van der Waals surface area contributed by atoms with E-state index in [1.807, 2.05) is 13.8 Å². The molecule has 0 aliphatic rings. The Balaban J connectivity index is 2.78. The number of benzene rings is 1. The van der Waals surface area contributed by atoms with Crippen molar-refractivity contribution >= 4 is 23.0 Å². The third-order valence-corrected chi connectivity index (χ3v) is 2.72. The molecular formula is C13H17F3N2S. The molecule has 0 radical (unpaired) electrons. The molecule has 0 unspecified atom stereocenters. The van der Waals surface area contributed by atoms with E-state index in [-0.39, 0.29) is 5.56 Å². The van der Waals surface area contributed by atoms with Crippen molar-refractivity contribution in [2.45, 2.75) is 26.9 Å². The van der Waals surface area contributed by atoms with Crippen LogP contribution in [0.25, 0.3) is 0 Å². The lowest BCUT2D eigenvalue weighted by molar-refractivity contribution is -0.138. The maximum absolute atomic E-state index is 12.7. The number of hydrogen-bond donors (Lipinski definition) is 2. The molecule has 0 aliphatic carbocycles. The highest BCUT2D eigenvalue weighted by Gasteiger charge is 2.32. The second-order valence-corrected chi connectivity index (χ2v) is 5.16. The first kappa shape index (κ1) is 15.8. The zero-order chi connectivity index (χ0) is 14.6. The first-order valence-corrected chi connectivity index (χ1v) is 6.33. The smallest absolute Gasteiger partial charge is 0.362 e. The summed E-state index contributed by atoms with van der Waals surface area (Å²) in [5, 5.41) is 6.02. The highest BCUT2D eigenvalue weighted by Crippen LogP contribution is 2.33. The van der Waals surface area contributed by atoms with Gasteiger partial charge in [-0.3, -0.25) is 0 Å². The standard InChI is InChI=1S/C13H17F3N2S/c1-8(2)7-17-12(19)18-10-5-4-9(3)11(6-10)13(14,15)16/h4-6,8H,7H2,1-3H3,(H2,17,18,19). The van der Waals surface area contributed by atoms with E-state index in [1.54, 1.807) is 6.07 Å². The molecule has 1 rings (SSSR count). The summed E-state index contributed by atoms with van der Waals surface area (Å²) in [6.07, 6.45) is -4.35. The Kier molecular flexibility index (Phi) is 5.17. The van der Waals surface area contributed by atoms with Crippen molar-refractivity contribution in [2.75, 3.05) is 11.9 Å². The molecule has 1 aromatic carbocycles. The molecule has 0 saturated carbocycles. The van der Waals surface area contributed by atoms with Gasteiger partial charge in [0.1, 0.15) is 0 Å². The van der Waals surface area contributed by atoms with Crippen molar-refractivity contribution in [3.05, 3.63) is 29.3 Å². The second kappa shape index (κ2) is 6.23. The van der Waals surface area contributed by atoms with Gasteiger partial charge in [-0.25, -0.2) is 0 Å². The largest absolute Gasteiger partial charge is 0.416 e. The van der Waals surface area contributed by atoms with E-state index in [4.69, 9.17) is 12.2 Å². The number of hydrogen-bond acceptors (Lipinski definition) is 1. The maximum atomic E-state index is 12.7. The lowest BCUT2D eigenvalue weighted by Crippen LogP contribution is -2.31. The molecule has 0 aliphatic heterocycles. The first-order valence-electron chi connectivity index (χ1n) is 5.93. The molecule has 0 amide bonds. The predicted molar refractivity (Wildman–Crippen MR) is 75.2 cm³/mol. The van der Waals surface area contributed by atoms with Crippen LogP contribution in [0.4, 0.5) is 18.9 Å². The molecular weight excluding hydrogens is 273 g/mol. The highest BCUT2D eigenvalue weighted by atomic mass is 32.1. The number of nitrogens with one attached hydrogen (secondary N) is 2. The van der Waals surface area contributed by atoms with Crippen LogP contribution in [-0.2, 0) is 6.18 Å². The van der Waals surface area contributed by atoms with Crippen LogP contribution >= 0.6 is 12.2 Å². The molecule has 2 N–H and O–H groups in total. The van der Waals surface area contributed by atoms with Crippen molar-refractivity contribution in [2.24, 2.45) is 5.92 Å². The molecule has 0 saturated heterocycles. The molecule has 6 heteroatoms. The van der Waals surface area contributed by atoms with Crippen molar-refractivity contribution < 1.29 is 13.2 Å². The van der Waals surface area contributed by atoms with Crippen LogP contribution in [0.15, 0.2) is 18.2 Å². The van der Waals surface area contributed by atoms with Gasteiger partial charge in [0, 0.05) is 12.2 Å². The van der Waals surface area contributed by atoms with Crippen molar-refractivity contribution in [1.29, 1.82) is 0 Å². The minimum atomic E-state index is -4.35. The van der Waals surface area contributed by atoms with E-state index in [1.165, 1.54) is 13.0 Å². The SMILES string of the molecule is Cc1ccc(NC(=S)NCC(C)C)cc1C(F)(F)F.